The number of hydrogen-bond acceptors (Lipinski definition) is 4. The molecule has 1 heterocycles. The fourth-order valence-electron chi connectivity index (χ4n) is 1.98. The SMILES string of the molecule is O=C(COc1ccc(Cl)cc1Cl)Nc1nc(-c2ccc(Br)cc2)cs1. The number of nitrogens with one attached hydrogen (secondary N) is 1. The monoisotopic (exact) mass is 456 g/mol. The fourth-order valence-corrected chi connectivity index (χ4v) is 3.44. The molecular weight excluding hydrogens is 447 g/mol. The maximum atomic E-state index is 12.0. The minimum absolute atomic E-state index is 0.172. The first-order valence-corrected chi connectivity index (χ1v) is 9.53. The summed E-state index contributed by atoms with van der Waals surface area (Å²) >= 11 is 16.6. The fraction of sp³-hybridized carbons (Fsp3) is 0.0588. The Labute approximate surface area is 166 Å². The van der Waals surface area contributed by atoms with Crippen LogP contribution in [0.15, 0.2) is 52.3 Å². The third kappa shape index (κ3) is 4.95. The van der Waals surface area contributed by atoms with Crippen LogP contribution in [0, 0.1) is 0 Å². The van der Waals surface area contributed by atoms with Crippen molar-refractivity contribution in [2.24, 2.45) is 0 Å². The van der Waals surface area contributed by atoms with Gasteiger partial charge in [0.2, 0.25) is 0 Å². The number of carbonyl (C=O) groups excluding carboxylic acids is 1. The van der Waals surface area contributed by atoms with E-state index >= 15 is 0 Å². The van der Waals surface area contributed by atoms with Gasteiger partial charge in [-0.25, -0.2) is 4.98 Å². The Morgan fingerprint density at radius 3 is 2.68 bits per heavy atom. The molecule has 0 aliphatic carbocycles. The number of thiazole rings is 1. The smallest absolute Gasteiger partial charge is 0.264 e. The molecule has 0 radical (unpaired) electrons. The van der Waals surface area contributed by atoms with E-state index in [1.54, 1.807) is 18.2 Å². The van der Waals surface area contributed by atoms with Gasteiger partial charge in [-0.05, 0) is 30.3 Å². The van der Waals surface area contributed by atoms with Crippen molar-refractivity contribution in [2.45, 2.75) is 0 Å². The van der Waals surface area contributed by atoms with Crippen LogP contribution in [0.1, 0.15) is 0 Å². The zero-order chi connectivity index (χ0) is 17.8. The summed E-state index contributed by atoms with van der Waals surface area (Å²) in [6.45, 7) is -0.172. The van der Waals surface area contributed by atoms with E-state index in [-0.39, 0.29) is 12.5 Å². The van der Waals surface area contributed by atoms with Gasteiger partial charge < -0.3 is 4.74 Å². The highest BCUT2D eigenvalue weighted by atomic mass is 79.9. The number of anilines is 1. The Hall–Kier alpha value is -1.60. The summed E-state index contributed by atoms with van der Waals surface area (Å²) in [5.41, 5.74) is 1.78. The van der Waals surface area contributed by atoms with Gasteiger partial charge in [-0.3, -0.25) is 10.1 Å². The number of amides is 1. The van der Waals surface area contributed by atoms with Crippen molar-refractivity contribution in [2.75, 3.05) is 11.9 Å². The summed E-state index contributed by atoms with van der Waals surface area (Å²) in [6, 6.07) is 12.6. The molecule has 0 saturated heterocycles. The second-order valence-electron chi connectivity index (χ2n) is 4.96. The highest BCUT2D eigenvalue weighted by molar-refractivity contribution is 9.10. The Morgan fingerprint density at radius 2 is 1.96 bits per heavy atom. The average molecular weight is 458 g/mol. The van der Waals surface area contributed by atoms with Gasteiger partial charge in [-0.2, -0.15) is 0 Å². The van der Waals surface area contributed by atoms with Gasteiger partial charge in [0.15, 0.2) is 11.7 Å². The number of benzene rings is 2. The van der Waals surface area contributed by atoms with E-state index in [4.69, 9.17) is 27.9 Å². The molecule has 4 nitrogen and oxygen atoms in total. The van der Waals surface area contributed by atoms with Crippen LogP contribution >= 0.6 is 50.5 Å². The molecular formula is C17H11BrCl2N2O2S. The van der Waals surface area contributed by atoms with Crippen LogP contribution in [0.25, 0.3) is 11.3 Å². The average Bonchev–Trinajstić information content (AvgIpc) is 3.03. The summed E-state index contributed by atoms with van der Waals surface area (Å²) in [7, 11) is 0. The van der Waals surface area contributed by atoms with Crippen molar-refractivity contribution < 1.29 is 9.53 Å². The first kappa shape index (κ1) is 18.2. The molecule has 3 aromatic rings. The van der Waals surface area contributed by atoms with E-state index in [9.17, 15) is 4.79 Å². The maximum absolute atomic E-state index is 12.0. The summed E-state index contributed by atoms with van der Waals surface area (Å²) < 4.78 is 6.40. The lowest BCUT2D eigenvalue weighted by molar-refractivity contribution is -0.118. The van der Waals surface area contributed by atoms with Gasteiger partial charge in [0.25, 0.3) is 5.91 Å². The second-order valence-corrected chi connectivity index (χ2v) is 7.57. The van der Waals surface area contributed by atoms with Crippen molar-refractivity contribution in [3.63, 3.8) is 0 Å². The molecule has 25 heavy (non-hydrogen) atoms. The van der Waals surface area contributed by atoms with Crippen LogP contribution in [-0.2, 0) is 4.79 Å². The quantitative estimate of drug-likeness (QED) is 0.519. The number of halogens is 3. The third-order valence-corrected chi connectivity index (χ3v) is 4.96. The molecule has 0 aliphatic rings. The first-order chi connectivity index (χ1) is 12.0. The minimum atomic E-state index is -0.317. The predicted octanol–water partition coefficient (Wildman–Crippen LogP) is 5.90. The van der Waals surface area contributed by atoms with Crippen LogP contribution in [0.4, 0.5) is 5.13 Å². The largest absolute Gasteiger partial charge is 0.482 e. The number of hydrogen-bond donors (Lipinski definition) is 1. The van der Waals surface area contributed by atoms with Crippen LogP contribution in [0.2, 0.25) is 10.0 Å². The Bertz CT molecular complexity index is 900. The zero-order valence-electron chi connectivity index (χ0n) is 12.6. The Balaban J connectivity index is 1.59. The first-order valence-electron chi connectivity index (χ1n) is 7.10. The maximum Gasteiger partial charge on any atom is 0.264 e. The molecule has 128 valence electrons. The lowest BCUT2D eigenvalue weighted by Gasteiger charge is -2.07. The molecule has 0 bridgehead atoms. The highest BCUT2D eigenvalue weighted by Crippen LogP contribution is 2.28. The Morgan fingerprint density at radius 1 is 1.20 bits per heavy atom. The number of nitrogens with zero attached hydrogens (tertiary/aromatic N) is 1. The van der Waals surface area contributed by atoms with Crippen molar-refractivity contribution >= 4 is 61.5 Å². The molecule has 0 aliphatic heterocycles. The minimum Gasteiger partial charge on any atom is -0.482 e. The van der Waals surface area contributed by atoms with Gasteiger partial charge in [0.1, 0.15) is 5.75 Å². The summed E-state index contributed by atoms with van der Waals surface area (Å²) in [6.07, 6.45) is 0. The molecule has 8 heteroatoms. The summed E-state index contributed by atoms with van der Waals surface area (Å²) in [4.78, 5) is 16.4. The van der Waals surface area contributed by atoms with Gasteiger partial charge in [0, 0.05) is 20.4 Å². The third-order valence-electron chi connectivity index (χ3n) is 3.14. The zero-order valence-corrected chi connectivity index (χ0v) is 16.5. The topological polar surface area (TPSA) is 51.2 Å². The highest BCUT2D eigenvalue weighted by Gasteiger charge is 2.10. The van der Waals surface area contributed by atoms with Crippen LogP contribution in [-0.4, -0.2) is 17.5 Å². The lowest BCUT2D eigenvalue weighted by atomic mass is 10.2. The van der Waals surface area contributed by atoms with Crippen molar-refractivity contribution in [3.8, 4) is 17.0 Å². The van der Waals surface area contributed by atoms with E-state index in [1.165, 1.54) is 11.3 Å². The molecule has 0 fully saturated rings. The Kier molecular flexibility index (Phi) is 5.96. The van der Waals surface area contributed by atoms with Gasteiger partial charge >= 0.3 is 0 Å². The lowest BCUT2D eigenvalue weighted by Crippen LogP contribution is -2.20. The molecule has 1 N–H and O–H groups in total. The van der Waals surface area contributed by atoms with E-state index < -0.39 is 0 Å². The molecule has 0 saturated carbocycles. The van der Waals surface area contributed by atoms with Gasteiger partial charge in [-0.1, -0.05) is 51.3 Å². The molecule has 3 rings (SSSR count). The van der Waals surface area contributed by atoms with Gasteiger partial charge in [-0.15, -0.1) is 11.3 Å². The molecule has 1 aromatic heterocycles. The number of rotatable bonds is 5. The molecule has 2 aromatic carbocycles. The van der Waals surface area contributed by atoms with E-state index in [0.29, 0.717) is 20.9 Å². The van der Waals surface area contributed by atoms with Gasteiger partial charge in [0.05, 0.1) is 10.7 Å². The van der Waals surface area contributed by atoms with Crippen molar-refractivity contribution in [3.05, 3.63) is 62.4 Å². The van der Waals surface area contributed by atoms with Crippen LogP contribution < -0.4 is 10.1 Å². The molecule has 0 unspecified atom stereocenters. The van der Waals surface area contributed by atoms with E-state index in [2.05, 4.69) is 26.2 Å². The van der Waals surface area contributed by atoms with Crippen LogP contribution in [0.3, 0.4) is 0 Å². The van der Waals surface area contributed by atoms with Crippen LogP contribution in [0.5, 0.6) is 5.75 Å². The summed E-state index contributed by atoms with van der Waals surface area (Å²) in [5, 5.41) is 5.96. The van der Waals surface area contributed by atoms with E-state index in [0.717, 1.165) is 15.7 Å². The van der Waals surface area contributed by atoms with Crippen molar-refractivity contribution in [1.82, 2.24) is 4.98 Å². The predicted molar refractivity (Wildman–Crippen MR) is 106 cm³/mol. The molecule has 1 amide bonds. The number of ether oxygens (including phenoxy) is 1. The second kappa shape index (κ2) is 8.19. The molecule has 0 atom stereocenters. The van der Waals surface area contributed by atoms with Crippen molar-refractivity contribution in [1.29, 1.82) is 0 Å². The van der Waals surface area contributed by atoms with E-state index in [1.807, 2.05) is 29.6 Å². The molecule has 0 spiro atoms. The number of carbonyl (C=O) groups is 1. The normalized spacial score (nSPS) is 10.5. The standard InChI is InChI=1S/C17H11BrCl2N2O2S/c18-11-3-1-10(2-4-11)14-9-25-17(21-14)22-16(23)8-24-15-6-5-12(19)7-13(15)20/h1-7,9H,8H2,(H,21,22,23). The summed E-state index contributed by atoms with van der Waals surface area (Å²) in [5.74, 6) is 0.0821. The number of aromatic nitrogens is 1.